The highest BCUT2D eigenvalue weighted by Gasteiger charge is 2.35. The minimum absolute atomic E-state index is 0.230. The topological polar surface area (TPSA) is 49.4 Å². The average Bonchev–Trinajstić information content (AvgIpc) is 2.77. The lowest BCUT2D eigenvalue weighted by molar-refractivity contribution is -0.113. The molecule has 3 rings (SSSR count). The number of rotatable bonds is 2. The molecule has 0 bridgehead atoms. The molecule has 1 fully saturated rings. The third-order valence-electron chi connectivity index (χ3n) is 3.36. The molecule has 1 heterocycles. The fourth-order valence-corrected chi connectivity index (χ4v) is 2.44. The van der Waals surface area contributed by atoms with E-state index in [1.165, 1.54) is 0 Å². The molecule has 2 aromatic carbocycles. The quantitative estimate of drug-likeness (QED) is 0.678. The van der Waals surface area contributed by atoms with Crippen molar-refractivity contribution in [1.29, 1.82) is 0 Å². The zero-order valence-corrected chi connectivity index (χ0v) is 12.6. The summed E-state index contributed by atoms with van der Waals surface area (Å²) in [6.07, 6.45) is 1.65. The number of nitrogens with zero attached hydrogens (tertiary/aromatic N) is 1. The zero-order chi connectivity index (χ0) is 15.7. The molecule has 0 aromatic heterocycles. The molecule has 0 radical (unpaired) electrons. The van der Waals surface area contributed by atoms with Crippen LogP contribution in [0.3, 0.4) is 0 Å². The van der Waals surface area contributed by atoms with Crippen LogP contribution in [0.25, 0.3) is 6.08 Å². The third-order valence-corrected chi connectivity index (χ3v) is 3.68. The summed E-state index contributed by atoms with van der Waals surface area (Å²) in [6, 6.07) is 13.9. The summed E-state index contributed by atoms with van der Waals surface area (Å²) >= 11 is 6.07. The van der Waals surface area contributed by atoms with Crippen molar-refractivity contribution < 1.29 is 9.59 Å². The highest BCUT2D eigenvalue weighted by molar-refractivity contribution is 6.37. The van der Waals surface area contributed by atoms with E-state index < -0.39 is 11.9 Å². The molecule has 1 aliphatic rings. The standard InChI is InChI=1S/C17H13ClN2O2/c1-11-6-8-12(9-7-11)10-14-16(21)20(17(22)19-14)15-5-3-2-4-13(15)18/h2-10H,1H3,(H,19,22)/b14-10-. The SMILES string of the molecule is Cc1ccc(/C=C2\NC(=O)N(c3ccccc3Cl)C2=O)cc1. The summed E-state index contributed by atoms with van der Waals surface area (Å²) in [4.78, 5) is 25.6. The van der Waals surface area contributed by atoms with Crippen molar-refractivity contribution in [2.45, 2.75) is 6.92 Å². The average molecular weight is 313 g/mol. The lowest BCUT2D eigenvalue weighted by atomic mass is 10.1. The molecule has 0 spiro atoms. The van der Waals surface area contributed by atoms with E-state index in [9.17, 15) is 9.59 Å². The van der Waals surface area contributed by atoms with E-state index >= 15 is 0 Å². The van der Waals surface area contributed by atoms with Crippen LogP contribution in [0, 0.1) is 6.92 Å². The van der Waals surface area contributed by atoms with Crippen LogP contribution in [0.1, 0.15) is 11.1 Å². The molecule has 5 heteroatoms. The van der Waals surface area contributed by atoms with Gasteiger partial charge in [0.1, 0.15) is 5.70 Å². The summed E-state index contributed by atoms with van der Waals surface area (Å²) in [5, 5.41) is 2.93. The highest BCUT2D eigenvalue weighted by Crippen LogP contribution is 2.29. The summed E-state index contributed by atoms with van der Waals surface area (Å²) in [5.74, 6) is -0.418. The fourth-order valence-electron chi connectivity index (χ4n) is 2.22. The van der Waals surface area contributed by atoms with Gasteiger partial charge in [-0.2, -0.15) is 0 Å². The largest absolute Gasteiger partial charge is 0.333 e. The van der Waals surface area contributed by atoms with Gasteiger partial charge in [-0.3, -0.25) is 4.79 Å². The maximum atomic E-state index is 12.5. The third kappa shape index (κ3) is 2.61. The first-order chi connectivity index (χ1) is 10.6. The van der Waals surface area contributed by atoms with Gasteiger partial charge < -0.3 is 5.32 Å². The number of imide groups is 1. The van der Waals surface area contributed by atoms with E-state index in [1.54, 1.807) is 30.3 Å². The normalized spacial score (nSPS) is 16.3. The summed E-state index contributed by atoms with van der Waals surface area (Å²) in [5.41, 5.74) is 2.57. The number of hydrogen-bond donors (Lipinski definition) is 1. The maximum Gasteiger partial charge on any atom is 0.333 e. The van der Waals surface area contributed by atoms with Crippen LogP contribution in [0.15, 0.2) is 54.2 Å². The Bertz CT molecular complexity index is 782. The Balaban J connectivity index is 1.95. The molecule has 1 saturated heterocycles. The number of anilines is 1. The smallest absolute Gasteiger partial charge is 0.302 e. The van der Waals surface area contributed by atoms with Gasteiger partial charge in [-0.25, -0.2) is 9.69 Å². The summed E-state index contributed by atoms with van der Waals surface area (Å²) in [6.45, 7) is 1.98. The summed E-state index contributed by atoms with van der Waals surface area (Å²) in [7, 11) is 0. The van der Waals surface area contributed by atoms with Crippen molar-refractivity contribution in [2.24, 2.45) is 0 Å². The Labute approximate surface area is 133 Å². The first-order valence-electron chi connectivity index (χ1n) is 6.74. The minimum atomic E-state index is -0.503. The number of carbonyl (C=O) groups is 2. The van der Waals surface area contributed by atoms with Crippen molar-refractivity contribution >= 4 is 35.3 Å². The minimum Gasteiger partial charge on any atom is -0.302 e. The van der Waals surface area contributed by atoms with Crippen molar-refractivity contribution in [1.82, 2.24) is 5.32 Å². The monoisotopic (exact) mass is 312 g/mol. The van der Waals surface area contributed by atoms with E-state index in [2.05, 4.69) is 5.32 Å². The first kappa shape index (κ1) is 14.4. The van der Waals surface area contributed by atoms with Gasteiger partial charge in [-0.15, -0.1) is 0 Å². The number of nitrogens with one attached hydrogen (secondary N) is 1. The fraction of sp³-hybridized carbons (Fsp3) is 0.0588. The zero-order valence-electron chi connectivity index (χ0n) is 11.8. The Morgan fingerprint density at radius 1 is 1.05 bits per heavy atom. The lowest BCUT2D eigenvalue weighted by Crippen LogP contribution is -2.30. The van der Waals surface area contributed by atoms with Crippen molar-refractivity contribution in [3.05, 3.63) is 70.4 Å². The van der Waals surface area contributed by atoms with Gasteiger partial charge in [0.15, 0.2) is 0 Å². The van der Waals surface area contributed by atoms with Crippen LogP contribution in [0.5, 0.6) is 0 Å². The number of hydrogen-bond acceptors (Lipinski definition) is 2. The molecule has 22 heavy (non-hydrogen) atoms. The van der Waals surface area contributed by atoms with Crippen LogP contribution in [0.4, 0.5) is 10.5 Å². The Morgan fingerprint density at radius 2 is 1.73 bits per heavy atom. The first-order valence-corrected chi connectivity index (χ1v) is 7.12. The van der Waals surface area contributed by atoms with Crippen molar-refractivity contribution in [2.75, 3.05) is 4.90 Å². The van der Waals surface area contributed by atoms with Gasteiger partial charge in [0.05, 0.1) is 10.7 Å². The molecule has 3 amide bonds. The van der Waals surface area contributed by atoms with Crippen LogP contribution < -0.4 is 10.2 Å². The molecule has 0 saturated carbocycles. The Hall–Kier alpha value is -2.59. The van der Waals surface area contributed by atoms with Crippen molar-refractivity contribution in [3.63, 3.8) is 0 Å². The second-order valence-corrected chi connectivity index (χ2v) is 5.40. The molecular weight excluding hydrogens is 300 g/mol. The maximum absolute atomic E-state index is 12.5. The van der Waals surface area contributed by atoms with E-state index in [-0.39, 0.29) is 5.70 Å². The van der Waals surface area contributed by atoms with E-state index in [4.69, 9.17) is 11.6 Å². The van der Waals surface area contributed by atoms with Gasteiger partial charge in [0, 0.05) is 0 Å². The van der Waals surface area contributed by atoms with Crippen LogP contribution in [-0.4, -0.2) is 11.9 Å². The van der Waals surface area contributed by atoms with Gasteiger partial charge in [0.25, 0.3) is 5.91 Å². The number of benzene rings is 2. The van der Waals surface area contributed by atoms with Crippen LogP contribution in [0.2, 0.25) is 5.02 Å². The second-order valence-electron chi connectivity index (χ2n) is 4.99. The molecule has 110 valence electrons. The molecule has 1 N–H and O–H groups in total. The Morgan fingerprint density at radius 3 is 2.41 bits per heavy atom. The molecule has 4 nitrogen and oxygen atoms in total. The molecule has 2 aromatic rings. The van der Waals surface area contributed by atoms with Crippen LogP contribution >= 0.6 is 11.6 Å². The van der Waals surface area contributed by atoms with E-state index in [0.29, 0.717) is 10.7 Å². The second kappa shape index (κ2) is 5.66. The van der Waals surface area contributed by atoms with Gasteiger partial charge in [-0.1, -0.05) is 53.6 Å². The number of amides is 3. The molecular formula is C17H13ClN2O2. The summed E-state index contributed by atoms with van der Waals surface area (Å²) < 4.78 is 0. The number of aryl methyl sites for hydroxylation is 1. The lowest BCUT2D eigenvalue weighted by Gasteiger charge is -2.13. The van der Waals surface area contributed by atoms with E-state index in [1.807, 2.05) is 31.2 Å². The molecule has 0 aliphatic carbocycles. The number of urea groups is 1. The number of para-hydroxylation sites is 1. The van der Waals surface area contributed by atoms with Gasteiger partial charge in [-0.05, 0) is 30.7 Å². The highest BCUT2D eigenvalue weighted by atomic mass is 35.5. The number of carbonyl (C=O) groups excluding carboxylic acids is 2. The van der Waals surface area contributed by atoms with Gasteiger partial charge in [0.2, 0.25) is 0 Å². The van der Waals surface area contributed by atoms with E-state index in [0.717, 1.165) is 16.0 Å². The number of halogens is 1. The molecule has 0 atom stereocenters. The Kier molecular flexibility index (Phi) is 3.69. The van der Waals surface area contributed by atoms with Crippen molar-refractivity contribution in [3.8, 4) is 0 Å². The molecule has 0 unspecified atom stereocenters. The van der Waals surface area contributed by atoms with Crippen LogP contribution in [-0.2, 0) is 4.79 Å². The predicted molar refractivity (Wildman–Crippen MR) is 86.6 cm³/mol. The predicted octanol–water partition coefficient (Wildman–Crippen LogP) is 3.75. The molecule has 1 aliphatic heterocycles. The van der Waals surface area contributed by atoms with Gasteiger partial charge >= 0.3 is 6.03 Å².